The number of nitrogens with one attached hydrogen (secondary N) is 1. The monoisotopic (exact) mass is 415 g/mol. The Bertz CT molecular complexity index is 891. The maximum Gasteiger partial charge on any atom is 0.202 e. The van der Waals surface area contributed by atoms with Crippen molar-refractivity contribution in [1.82, 2.24) is 4.98 Å². The number of hydrogen-bond acceptors (Lipinski definition) is 5. The zero-order valence-electron chi connectivity index (χ0n) is 11.9. The second-order valence-electron chi connectivity index (χ2n) is 4.54. The molecule has 2 N–H and O–H groups in total. The van der Waals surface area contributed by atoms with Crippen molar-refractivity contribution in [3.8, 4) is 0 Å². The van der Waals surface area contributed by atoms with Crippen LogP contribution in [-0.4, -0.2) is 28.3 Å². The fraction of sp³-hybridized carbons (Fsp3) is 0.133. The fourth-order valence-corrected chi connectivity index (χ4v) is 3.48. The van der Waals surface area contributed by atoms with Crippen LogP contribution in [0.4, 0.5) is 0 Å². The van der Waals surface area contributed by atoms with Gasteiger partial charge in [0, 0.05) is 4.47 Å². The molecular formula is C15H11BrClNO4S. The first-order valence-electron chi connectivity index (χ1n) is 6.38. The first-order valence-corrected chi connectivity index (χ1v) is 8.43. The number of fused-ring (bicyclic) bond motifs is 1. The zero-order chi connectivity index (χ0) is 17.1. The van der Waals surface area contributed by atoms with E-state index in [-0.39, 0.29) is 16.0 Å². The van der Waals surface area contributed by atoms with E-state index in [4.69, 9.17) is 16.7 Å². The number of Topliss-reactive ketones (excluding diaryl/α,β-unsaturated/α-hetero) is 1. The Hall–Kier alpha value is -1.41. The Morgan fingerprint density at radius 1 is 1.43 bits per heavy atom. The summed E-state index contributed by atoms with van der Waals surface area (Å²) in [5.74, 6) is -0.886. The van der Waals surface area contributed by atoms with Gasteiger partial charge in [-0.2, -0.15) is 0 Å². The number of aromatic amines is 1. The molecule has 0 aliphatic rings. The van der Waals surface area contributed by atoms with Gasteiger partial charge in [0.15, 0.2) is 11.6 Å². The summed E-state index contributed by atoms with van der Waals surface area (Å²) >= 11 is 10.4. The van der Waals surface area contributed by atoms with Crippen molar-refractivity contribution in [3.05, 3.63) is 48.9 Å². The molecule has 0 spiro atoms. The SMILES string of the molecule is CC(=O)c1c(S/C=C\C(=O)CO)[nH]c2c(Br)ccc(Cl)c2c1=O. The first kappa shape index (κ1) is 17.9. The number of halogens is 2. The third kappa shape index (κ3) is 3.74. The predicted octanol–water partition coefficient (Wildman–Crippen LogP) is 3.31. The van der Waals surface area contributed by atoms with Gasteiger partial charge in [-0.1, -0.05) is 23.4 Å². The number of pyridine rings is 1. The first-order chi connectivity index (χ1) is 10.9. The van der Waals surface area contributed by atoms with E-state index in [0.29, 0.717) is 15.0 Å². The number of hydrogen-bond donors (Lipinski definition) is 2. The smallest absolute Gasteiger partial charge is 0.202 e. The van der Waals surface area contributed by atoms with E-state index in [9.17, 15) is 14.4 Å². The Kier molecular flexibility index (Phi) is 5.80. The summed E-state index contributed by atoms with van der Waals surface area (Å²) in [6, 6.07) is 3.26. The highest BCUT2D eigenvalue weighted by atomic mass is 79.9. The van der Waals surface area contributed by atoms with Crippen molar-refractivity contribution in [1.29, 1.82) is 0 Å². The Labute approximate surface area is 148 Å². The van der Waals surface area contributed by atoms with E-state index in [1.807, 2.05) is 0 Å². The number of benzene rings is 1. The van der Waals surface area contributed by atoms with E-state index >= 15 is 0 Å². The average Bonchev–Trinajstić information content (AvgIpc) is 2.50. The summed E-state index contributed by atoms with van der Waals surface area (Å²) in [6.45, 7) is 0.682. The molecule has 23 heavy (non-hydrogen) atoms. The number of ketones is 2. The summed E-state index contributed by atoms with van der Waals surface area (Å²) < 4.78 is 0.626. The highest BCUT2D eigenvalue weighted by molar-refractivity contribution is 9.10. The predicted molar refractivity (Wildman–Crippen MR) is 94.4 cm³/mol. The molecule has 1 aromatic heterocycles. The minimum absolute atomic E-state index is 0.0244. The van der Waals surface area contributed by atoms with E-state index in [0.717, 1.165) is 11.8 Å². The van der Waals surface area contributed by atoms with Gasteiger partial charge < -0.3 is 10.1 Å². The maximum atomic E-state index is 12.6. The molecule has 0 fully saturated rings. The van der Waals surface area contributed by atoms with Crippen molar-refractivity contribution >= 4 is 61.8 Å². The highest BCUT2D eigenvalue weighted by Crippen LogP contribution is 2.30. The number of rotatable bonds is 5. The van der Waals surface area contributed by atoms with Crippen LogP contribution in [0.2, 0.25) is 5.02 Å². The molecule has 2 rings (SSSR count). The van der Waals surface area contributed by atoms with Gasteiger partial charge in [-0.3, -0.25) is 14.4 Å². The second kappa shape index (κ2) is 7.44. The van der Waals surface area contributed by atoms with Crippen molar-refractivity contribution in [3.63, 3.8) is 0 Å². The summed E-state index contributed by atoms with van der Waals surface area (Å²) in [4.78, 5) is 38.6. The minimum atomic E-state index is -0.605. The Morgan fingerprint density at radius 2 is 2.13 bits per heavy atom. The molecule has 2 aromatic rings. The van der Waals surface area contributed by atoms with Crippen molar-refractivity contribution in [2.75, 3.05) is 6.61 Å². The molecule has 8 heteroatoms. The third-order valence-corrected chi connectivity index (χ3v) is 4.76. The van der Waals surface area contributed by atoms with E-state index in [1.165, 1.54) is 18.4 Å². The summed E-state index contributed by atoms with van der Waals surface area (Å²) in [7, 11) is 0. The molecule has 0 aliphatic carbocycles. The molecule has 5 nitrogen and oxygen atoms in total. The summed E-state index contributed by atoms with van der Waals surface area (Å²) in [5.41, 5.74) is -0.0255. The number of aliphatic hydroxyl groups excluding tert-OH is 1. The average molecular weight is 417 g/mol. The Balaban J connectivity index is 2.69. The van der Waals surface area contributed by atoms with Gasteiger partial charge in [-0.15, -0.1) is 0 Å². The van der Waals surface area contributed by atoms with E-state index in [2.05, 4.69) is 20.9 Å². The molecule has 0 atom stereocenters. The van der Waals surface area contributed by atoms with Gasteiger partial charge in [-0.25, -0.2) is 0 Å². The molecule has 0 saturated heterocycles. The van der Waals surface area contributed by atoms with Gasteiger partial charge in [0.1, 0.15) is 6.61 Å². The lowest BCUT2D eigenvalue weighted by Gasteiger charge is -2.09. The van der Waals surface area contributed by atoms with Crippen molar-refractivity contribution in [2.24, 2.45) is 0 Å². The summed E-state index contributed by atoms with van der Waals surface area (Å²) in [5, 5.41) is 10.9. The molecular weight excluding hydrogens is 406 g/mol. The van der Waals surface area contributed by atoms with E-state index < -0.39 is 23.6 Å². The second-order valence-corrected chi connectivity index (χ2v) is 6.72. The van der Waals surface area contributed by atoms with Crippen LogP contribution < -0.4 is 5.43 Å². The molecule has 0 amide bonds. The molecule has 0 aliphatic heterocycles. The van der Waals surface area contributed by atoms with Crippen molar-refractivity contribution in [2.45, 2.75) is 11.9 Å². The molecule has 1 heterocycles. The van der Waals surface area contributed by atoms with Crippen LogP contribution in [0, 0.1) is 0 Å². The lowest BCUT2D eigenvalue weighted by atomic mass is 10.1. The number of thioether (sulfide) groups is 1. The number of carbonyl (C=O) groups is 2. The highest BCUT2D eigenvalue weighted by Gasteiger charge is 2.18. The lowest BCUT2D eigenvalue weighted by Crippen LogP contribution is -2.16. The largest absolute Gasteiger partial charge is 0.388 e. The number of aliphatic hydroxyl groups is 1. The topological polar surface area (TPSA) is 87.2 Å². The number of carbonyl (C=O) groups excluding carboxylic acids is 2. The molecule has 0 saturated carbocycles. The number of aromatic nitrogens is 1. The van der Waals surface area contributed by atoms with Crippen LogP contribution in [0.5, 0.6) is 0 Å². The van der Waals surface area contributed by atoms with Gasteiger partial charge in [0.05, 0.1) is 26.5 Å². The third-order valence-electron chi connectivity index (χ3n) is 2.97. The van der Waals surface area contributed by atoms with Crippen LogP contribution in [0.15, 0.2) is 37.9 Å². The molecule has 0 radical (unpaired) electrons. The van der Waals surface area contributed by atoms with Gasteiger partial charge in [-0.05, 0) is 46.5 Å². The van der Waals surface area contributed by atoms with Gasteiger partial charge in [0.25, 0.3) is 0 Å². The maximum absolute atomic E-state index is 12.6. The van der Waals surface area contributed by atoms with Crippen LogP contribution in [0.1, 0.15) is 17.3 Å². The molecule has 0 unspecified atom stereocenters. The van der Waals surface area contributed by atoms with Crippen LogP contribution in [-0.2, 0) is 4.79 Å². The molecule has 0 bridgehead atoms. The lowest BCUT2D eigenvalue weighted by molar-refractivity contribution is -0.117. The normalized spacial score (nSPS) is 11.3. The molecule has 120 valence electrons. The summed E-state index contributed by atoms with van der Waals surface area (Å²) in [6.07, 6.45) is 1.17. The van der Waals surface area contributed by atoms with Crippen LogP contribution in [0.25, 0.3) is 10.9 Å². The quantitative estimate of drug-likeness (QED) is 0.443. The fourth-order valence-electron chi connectivity index (χ4n) is 1.94. The van der Waals surface area contributed by atoms with Gasteiger partial charge >= 0.3 is 0 Å². The number of H-pyrrole nitrogens is 1. The molecule has 1 aromatic carbocycles. The van der Waals surface area contributed by atoms with E-state index in [1.54, 1.807) is 12.1 Å². The Morgan fingerprint density at radius 3 is 2.74 bits per heavy atom. The van der Waals surface area contributed by atoms with Crippen molar-refractivity contribution < 1.29 is 14.7 Å². The standard InChI is InChI=1S/C15H11BrClNO4S/c1-7(20)11-14(22)12-10(17)3-2-9(16)13(12)18-15(11)23-5-4-8(21)6-19/h2-5,19H,6H2,1H3,(H,18,22)/b5-4-. The van der Waals surface area contributed by atoms with Crippen LogP contribution in [0.3, 0.4) is 0 Å². The zero-order valence-corrected chi connectivity index (χ0v) is 15.0. The van der Waals surface area contributed by atoms with Gasteiger partial charge in [0.2, 0.25) is 5.43 Å². The van der Waals surface area contributed by atoms with Crippen LogP contribution >= 0.6 is 39.3 Å². The minimum Gasteiger partial charge on any atom is -0.388 e.